The lowest BCUT2D eigenvalue weighted by atomic mass is 10.3. The average molecular weight is 369 g/mol. The number of aromatic nitrogens is 2. The van der Waals surface area contributed by atoms with Crippen LogP contribution >= 0.6 is 11.6 Å². The fourth-order valence-electron chi connectivity index (χ4n) is 2.20. The fourth-order valence-corrected chi connectivity index (χ4v) is 2.32. The smallest absolute Gasteiger partial charge is 0.276 e. The molecule has 0 spiro atoms. The first kappa shape index (κ1) is 17.7. The van der Waals surface area contributed by atoms with E-state index in [9.17, 15) is 4.79 Å². The van der Waals surface area contributed by atoms with E-state index in [2.05, 4.69) is 20.8 Å². The van der Waals surface area contributed by atoms with E-state index < -0.39 is 0 Å². The van der Waals surface area contributed by atoms with E-state index in [0.717, 1.165) is 11.4 Å². The number of nitrogens with zero attached hydrogens (tertiary/aromatic N) is 2. The minimum atomic E-state index is -0.340. The Morgan fingerprint density at radius 3 is 2.27 bits per heavy atom. The molecule has 0 bridgehead atoms. The quantitative estimate of drug-likeness (QED) is 0.668. The van der Waals surface area contributed by atoms with Crippen LogP contribution in [0, 0.1) is 0 Å². The van der Waals surface area contributed by atoms with Crippen molar-refractivity contribution < 1.29 is 9.53 Å². The third-order valence-electron chi connectivity index (χ3n) is 3.44. The van der Waals surface area contributed by atoms with E-state index in [1.165, 1.54) is 0 Å². The van der Waals surface area contributed by atoms with Crippen LogP contribution in [0.25, 0.3) is 0 Å². The van der Waals surface area contributed by atoms with E-state index >= 15 is 0 Å². The largest absolute Gasteiger partial charge is 0.494 e. The zero-order valence-corrected chi connectivity index (χ0v) is 14.8. The van der Waals surface area contributed by atoms with Gasteiger partial charge in [0, 0.05) is 16.4 Å². The van der Waals surface area contributed by atoms with E-state index in [-0.39, 0.29) is 11.6 Å². The fraction of sp³-hybridized carbons (Fsp3) is 0.105. The second-order valence-electron chi connectivity index (χ2n) is 5.35. The number of benzene rings is 2. The highest BCUT2D eigenvalue weighted by molar-refractivity contribution is 6.30. The molecule has 2 N–H and O–H groups in total. The number of carbonyl (C=O) groups is 1. The minimum absolute atomic E-state index is 0.220. The predicted molar refractivity (Wildman–Crippen MR) is 102 cm³/mol. The number of amides is 1. The summed E-state index contributed by atoms with van der Waals surface area (Å²) in [6.07, 6.45) is 0. The zero-order valence-electron chi connectivity index (χ0n) is 14.1. The number of nitrogens with one attached hydrogen (secondary N) is 2. The van der Waals surface area contributed by atoms with Crippen molar-refractivity contribution in [3.63, 3.8) is 0 Å². The maximum atomic E-state index is 12.2. The first-order chi connectivity index (χ1) is 12.6. The molecule has 1 heterocycles. The summed E-state index contributed by atoms with van der Waals surface area (Å²) in [5.74, 6) is 1.00. The van der Waals surface area contributed by atoms with Crippen LogP contribution < -0.4 is 15.4 Å². The van der Waals surface area contributed by atoms with Crippen molar-refractivity contribution in [2.24, 2.45) is 0 Å². The summed E-state index contributed by atoms with van der Waals surface area (Å²) in [7, 11) is 0. The molecule has 3 rings (SSSR count). The number of rotatable bonds is 6. The number of hydrogen-bond acceptors (Lipinski definition) is 5. The Balaban J connectivity index is 1.62. The van der Waals surface area contributed by atoms with Crippen molar-refractivity contribution in [3.8, 4) is 5.75 Å². The summed E-state index contributed by atoms with van der Waals surface area (Å²) < 4.78 is 5.40. The van der Waals surface area contributed by atoms with Crippen LogP contribution in [-0.4, -0.2) is 22.7 Å². The molecule has 1 amide bonds. The van der Waals surface area contributed by atoms with Crippen molar-refractivity contribution in [1.29, 1.82) is 0 Å². The van der Waals surface area contributed by atoms with Gasteiger partial charge in [0.1, 0.15) is 5.75 Å². The predicted octanol–water partition coefficient (Wildman–Crippen LogP) is 4.52. The Bertz CT molecular complexity index is 866. The van der Waals surface area contributed by atoms with Gasteiger partial charge in [-0.1, -0.05) is 11.6 Å². The summed E-state index contributed by atoms with van der Waals surface area (Å²) in [6.45, 7) is 2.56. The van der Waals surface area contributed by atoms with Crippen molar-refractivity contribution in [2.75, 3.05) is 17.2 Å². The Labute approximate surface area is 156 Å². The third-order valence-corrected chi connectivity index (χ3v) is 3.69. The molecule has 132 valence electrons. The van der Waals surface area contributed by atoms with Gasteiger partial charge in [0.2, 0.25) is 0 Å². The number of hydrogen-bond donors (Lipinski definition) is 2. The molecule has 2 aromatic carbocycles. The minimum Gasteiger partial charge on any atom is -0.494 e. The molecule has 3 aromatic rings. The van der Waals surface area contributed by atoms with Crippen LogP contribution in [0.1, 0.15) is 17.4 Å². The van der Waals surface area contributed by atoms with Crippen LogP contribution in [0.5, 0.6) is 5.75 Å². The maximum absolute atomic E-state index is 12.2. The van der Waals surface area contributed by atoms with E-state index in [0.29, 0.717) is 23.1 Å². The number of anilines is 3. The van der Waals surface area contributed by atoms with Gasteiger partial charge in [0.05, 0.1) is 6.61 Å². The highest BCUT2D eigenvalue weighted by Crippen LogP contribution is 2.19. The van der Waals surface area contributed by atoms with Gasteiger partial charge >= 0.3 is 0 Å². The van der Waals surface area contributed by atoms with Gasteiger partial charge in [-0.2, -0.15) is 0 Å². The molecule has 7 heteroatoms. The van der Waals surface area contributed by atoms with Gasteiger partial charge in [0.15, 0.2) is 11.5 Å². The van der Waals surface area contributed by atoms with Gasteiger partial charge in [-0.3, -0.25) is 4.79 Å². The van der Waals surface area contributed by atoms with Gasteiger partial charge in [0.25, 0.3) is 5.91 Å². The Morgan fingerprint density at radius 2 is 1.65 bits per heavy atom. The first-order valence-electron chi connectivity index (χ1n) is 8.04. The molecule has 0 radical (unpaired) electrons. The SMILES string of the molecule is CCOc1ccc(Nc2ccc(C(=O)Nc3ccc(Cl)cc3)nn2)cc1. The lowest BCUT2D eigenvalue weighted by Gasteiger charge is -2.08. The zero-order chi connectivity index (χ0) is 18.4. The molecule has 0 aliphatic heterocycles. The molecule has 26 heavy (non-hydrogen) atoms. The topological polar surface area (TPSA) is 76.1 Å². The van der Waals surface area contributed by atoms with E-state index in [1.807, 2.05) is 31.2 Å². The average Bonchev–Trinajstić information content (AvgIpc) is 2.66. The summed E-state index contributed by atoms with van der Waals surface area (Å²) >= 11 is 5.82. The molecule has 0 unspecified atom stereocenters. The normalized spacial score (nSPS) is 10.2. The molecule has 1 aromatic heterocycles. The first-order valence-corrected chi connectivity index (χ1v) is 8.42. The molecule has 0 aliphatic carbocycles. The van der Waals surface area contributed by atoms with Gasteiger partial charge in [-0.25, -0.2) is 0 Å². The number of carbonyl (C=O) groups excluding carboxylic acids is 1. The van der Waals surface area contributed by atoms with Crippen LogP contribution in [0.2, 0.25) is 5.02 Å². The Hall–Kier alpha value is -3.12. The highest BCUT2D eigenvalue weighted by atomic mass is 35.5. The van der Waals surface area contributed by atoms with Gasteiger partial charge < -0.3 is 15.4 Å². The summed E-state index contributed by atoms with van der Waals surface area (Å²) in [4.78, 5) is 12.2. The van der Waals surface area contributed by atoms with Crippen molar-refractivity contribution >= 4 is 34.7 Å². The number of halogens is 1. The van der Waals surface area contributed by atoms with E-state index in [1.54, 1.807) is 36.4 Å². The lowest BCUT2D eigenvalue weighted by Crippen LogP contribution is -2.14. The van der Waals surface area contributed by atoms with Crippen molar-refractivity contribution in [1.82, 2.24) is 10.2 Å². The third kappa shape index (κ3) is 4.70. The van der Waals surface area contributed by atoms with Crippen LogP contribution in [0.15, 0.2) is 60.7 Å². The molecule has 0 atom stereocenters. The van der Waals surface area contributed by atoms with Gasteiger partial charge in [-0.15, -0.1) is 10.2 Å². The number of ether oxygens (including phenoxy) is 1. The molecular formula is C19H17ClN4O2. The second-order valence-corrected chi connectivity index (χ2v) is 5.78. The molecule has 0 saturated carbocycles. The molecule has 0 aliphatic rings. The summed E-state index contributed by atoms with van der Waals surface area (Å²) in [5.41, 5.74) is 1.70. The van der Waals surface area contributed by atoms with Crippen molar-refractivity contribution in [2.45, 2.75) is 6.92 Å². The molecule has 0 saturated heterocycles. The molecule has 0 fully saturated rings. The second kappa shape index (κ2) is 8.31. The van der Waals surface area contributed by atoms with Crippen LogP contribution in [0.4, 0.5) is 17.2 Å². The monoisotopic (exact) mass is 368 g/mol. The van der Waals surface area contributed by atoms with Crippen LogP contribution in [0.3, 0.4) is 0 Å². The molecular weight excluding hydrogens is 352 g/mol. The maximum Gasteiger partial charge on any atom is 0.276 e. The summed E-state index contributed by atoms with van der Waals surface area (Å²) in [6, 6.07) is 17.6. The van der Waals surface area contributed by atoms with Crippen molar-refractivity contribution in [3.05, 3.63) is 71.4 Å². The molecule has 6 nitrogen and oxygen atoms in total. The van der Waals surface area contributed by atoms with Crippen LogP contribution in [-0.2, 0) is 0 Å². The lowest BCUT2D eigenvalue weighted by molar-refractivity contribution is 0.102. The standard InChI is InChI=1S/C19H17ClN4O2/c1-2-26-16-9-7-14(8-10-16)21-18-12-11-17(23-24-18)19(25)22-15-5-3-13(20)4-6-15/h3-12H,2H2,1H3,(H,21,24)(H,22,25). The van der Waals surface area contributed by atoms with Gasteiger partial charge in [-0.05, 0) is 67.6 Å². The Kier molecular flexibility index (Phi) is 5.66. The van der Waals surface area contributed by atoms with E-state index in [4.69, 9.17) is 16.3 Å². The Morgan fingerprint density at radius 1 is 0.962 bits per heavy atom. The highest BCUT2D eigenvalue weighted by Gasteiger charge is 2.09. The summed E-state index contributed by atoms with van der Waals surface area (Å²) in [5, 5.41) is 14.5.